The molecule has 2 rings (SSSR count). The van der Waals surface area contributed by atoms with Gasteiger partial charge in [-0.2, -0.15) is 18.4 Å². The van der Waals surface area contributed by atoms with Crippen molar-refractivity contribution in [2.75, 3.05) is 5.32 Å². The fraction of sp³-hybridized carbons (Fsp3) is 0.500. The number of nitriles is 1. The van der Waals surface area contributed by atoms with E-state index in [1.807, 2.05) is 6.07 Å². The smallest absolute Gasteiger partial charge is 0.380 e. The predicted molar refractivity (Wildman–Crippen MR) is 71.6 cm³/mol. The lowest BCUT2D eigenvalue weighted by Gasteiger charge is -2.34. The Morgan fingerprint density at radius 3 is 2.55 bits per heavy atom. The summed E-state index contributed by atoms with van der Waals surface area (Å²) in [6, 6.07) is 5.83. The Kier molecular flexibility index (Phi) is 4.44. The second kappa shape index (κ2) is 5.92. The maximum Gasteiger partial charge on any atom is 0.393 e. The second-order valence-corrected chi connectivity index (χ2v) is 5.40. The Labute approximate surface area is 120 Å². The van der Waals surface area contributed by atoms with Crippen molar-refractivity contribution in [1.82, 2.24) is 0 Å². The number of benzene rings is 1. The molecule has 0 heterocycles. The van der Waals surface area contributed by atoms with Crippen LogP contribution in [0, 0.1) is 17.2 Å². The molecule has 1 fully saturated rings. The van der Waals surface area contributed by atoms with E-state index in [1.54, 1.807) is 12.1 Å². The van der Waals surface area contributed by atoms with E-state index < -0.39 is 18.1 Å². The number of nitrogens with zero attached hydrogens (tertiary/aromatic N) is 1. The van der Waals surface area contributed by atoms with Crippen LogP contribution >= 0.6 is 11.6 Å². The summed E-state index contributed by atoms with van der Waals surface area (Å²) < 4.78 is 39.0. The van der Waals surface area contributed by atoms with Crippen LogP contribution in [0.15, 0.2) is 18.2 Å². The van der Waals surface area contributed by atoms with E-state index in [4.69, 9.17) is 16.9 Å². The Morgan fingerprint density at radius 2 is 1.95 bits per heavy atom. The molecular formula is C14H14ClF3N2. The summed E-state index contributed by atoms with van der Waals surface area (Å²) >= 11 is 5.99. The first-order valence-electron chi connectivity index (χ1n) is 6.44. The number of alkyl halides is 3. The van der Waals surface area contributed by atoms with Gasteiger partial charge in [-0.1, -0.05) is 24.4 Å². The van der Waals surface area contributed by atoms with E-state index in [0.717, 1.165) is 6.42 Å². The predicted octanol–water partition coefficient (Wildman–Crippen LogP) is 4.74. The second-order valence-electron chi connectivity index (χ2n) is 4.99. The quantitative estimate of drug-likeness (QED) is 0.856. The number of rotatable bonds is 2. The molecule has 1 aliphatic rings. The van der Waals surface area contributed by atoms with Gasteiger partial charge in [0.25, 0.3) is 0 Å². The lowest BCUT2D eigenvalue weighted by Crippen LogP contribution is -2.41. The van der Waals surface area contributed by atoms with Crippen LogP contribution in [-0.4, -0.2) is 12.2 Å². The van der Waals surface area contributed by atoms with Crippen LogP contribution in [0.5, 0.6) is 0 Å². The third-order valence-corrected chi connectivity index (χ3v) is 3.94. The summed E-state index contributed by atoms with van der Waals surface area (Å²) in [4.78, 5) is 0. The van der Waals surface area contributed by atoms with Gasteiger partial charge in [0.2, 0.25) is 0 Å². The molecule has 2 unspecified atom stereocenters. The van der Waals surface area contributed by atoms with E-state index in [9.17, 15) is 13.2 Å². The van der Waals surface area contributed by atoms with Crippen LogP contribution in [0.3, 0.4) is 0 Å². The first-order chi connectivity index (χ1) is 9.41. The van der Waals surface area contributed by atoms with E-state index in [0.29, 0.717) is 24.1 Å². The Morgan fingerprint density at radius 1 is 1.25 bits per heavy atom. The fourth-order valence-corrected chi connectivity index (χ4v) is 2.83. The van der Waals surface area contributed by atoms with E-state index in [-0.39, 0.29) is 11.4 Å². The van der Waals surface area contributed by atoms with E-state index >= 15 is 0 Å². The van der Waals surface area contributed by atoms with Crippen LogP contribution in [0.4, 0.5) is 18.9 Å². The van der Waals surface area contributed by atoms with E-state index in [2.05, 4.69) is 5.32 Å². The number of halogens is 4. The Bertz CT molecular complexity index is 522. The van der Waals surface area contributed by atoms with E-state index in [1.165, 1.54) is 6.07 Å². The molecule has 0 aliphatic heterocycles. The van der Waals surface area contributed by atoms with Gasteiger partial charge >= 0.3 is 6.18 Å². The molecule has 0 bridgehead atoms. The van der Waals surface area contributed by atoms with Crippen molar-refractivity contribution in [1.29, 1.82) is 5.26 Å². The molecule has 2 atom stereocenters. The highest BCUT2D eigenvalue weighted by atomic mass is 35.5. The summed E-state index contributed by atoms with van der Waals surface area (Å²) in [5, 5.41) is 11.9. The van der Waals surface area contributed by atoms with Crippen LogP contribution in [0.1, 0.15) is 31.2 Å². The van der Waals surface area contributed by atoms with Crippen molar-refractivity contribution in [2.45, 2.75) is 37.9 Å². The zero-order chi connectivity index (χ0) is 14.8. The molecule has 1 aromatic carbocycles. The maximum atomic E-state index is 13.0. The first-order valence-corrected chi connectivity index (χ1v) is 6.82. The summed E-state index contributed by atoms with van der Waals surface area (Å²) in [5.74, 6) is -1.34. The molecule has 1 N–H and O–H groups in total. The lowest BCUT2D eigenvalue weighted by atomic mass is 9.84. The molecule has 0 amide bonds. The Balaban J connectivity index is 2.17. The molecule has 0 aromatic heterocycles. The standard InChI is InChI=1S/C14H14ClF3N2/c15-11-7-9(8-19)5-6-13(11)20-12-4-2-1-3-10(12)14(16,17)18/h5-7,10,12,20H,1-4H2. The van der Waals surface area contributed by atoms with Crippen LogP contribution < -0.4 is 5.32 Å². The molecule has 6 heteroatoms. The fourth-order valence-electron chi connectivity index (χ4n) is 2.60. The van der Waals surface area contributed by atoms with Crippen LogP contribution in [0.2, 0.25) is 5.02 Å². The molecule has 2 nitrogen and oxygen atoms in total. The summed E-state index contributed by atoms with van der Waals surface area (Å²) in [6.45, 7) is 0. The molecular weight excluding hydrogens is 289 g/mol. The average Bonchev–Trinajstić information content (AvgIpc) is 2.40. The minimum absolute atomic E-state index is 0.148. The number of hydrogen-bond acceptors (Lipinski definition) is 2. The molecule has 108 valence electrons. The average molecular weight is 303 g/mol. The monoisotopic (exact) mass is 302 g/mol. The van der Waals surface area contributed by atoms with Gasteiger partial charge in [-0.05, 0) is 31.0 Å². The highest BCUT2D eigenvalue weighted by Crippen LogP contribution is 2.39. The highest BCUT2D eigenvalue weighted by Gasteiger charge is 2.45. The third-order valence-electron chi connectivity index (χ3n) is 3.63. The number of nitrogens with one attached hydrogen (secondary N) is 1. The van der Waals surface area contributed by atoms with Crippen molar-refractivity contribution in [3.05, 3.63) is 28.8 Å². The summed E-state index contributed by atoms with van der Waals surface area (Å²) in [7, 11) is 0. The summed E-state index contributed by atoms with van der Waals surface area (Å²) in [6.07, 6.45) is -2.20. The van der Waals surface area contributed by atoms with Crippen molar-refractivity contribution in [3.63, 3.8) is 0 Å². The van der Waals surface area contributed by atoms with Gasteiger partial charge in [0.15, 0.2) is 0 Å². The molecule has 1 saturated carbocycles. The van der Waals surface area contributed by atoms with Gasteiger partial charge in [0.1, 0.15) is 0 Å². The van der Waals surface area contributed by atoms with Gasteiger partial charge in [-0.3, -0.25) is 0 Å². The van der Waals surface area contributed by atoms with Gasteiger partial charge in [0, 0.05) is 6.04 Å². The molecule has 0 radical (unpaired) electrons. The first kappa shape index (κ1) is 15.0. The topological polar surface area (TPSA) is 35.8 Å². The van der Waals surface area contributed by atoms with Crippen LogP contribution in [0.25, 0.3) is 0 Å². The minimum atomic E-state index is -4.20. The molecule has 20 heavy (non-hydrogen) atoms. The molecule has 1 aromatic rings. The zero-order valence-corrected chi connectivity index (χ0v) is 11.4. The number of anilines is 1. The minimum Gasteiger partial charge on any atom is -0.380 e. The van der Waals surface area contributed by atoms with Crippen molar-refractivity contribution < 1.29 is 13.2 Å². The largest absolute Gasteiger partial charge is 0.393 e. The zero-order valence-electron chi connectivity index (χ0n) is 10.7. The maximum absolute atomic E-state index is 13.0. The van der Waals surface area contributed by atoms with Gasteiger partial charge < -0.3 is 5.32 Å². The third kappa shape index (κ3) is 3.37. The lowest BCUT2D eigenvalue weighted by molar-refractivity contribution is -0.184. The summed E-state index contributed by atoms with van der Waals surface area (Å²) in [5.41, 5.74) is 0.836. The molecule has 0 saturated heterocycles. The molecule has 0 spiro atoms. The van der Waals surface area contributed by atoms with Crippen molar-refractivity contribution in [3.8, 4) is 6.07 Å². The van der Waals surface area contributed by atoms with Crippen molar-refractivity contribution in [2.24, 2.45) is 5.92 Å². The Hall–Kier alpha value is -1.41. The van der Waals surface area contributed by atoms with Gasteiger partial charge in [-0.15, -0.1) is 0 Å². The van der Waals surface area contributed by atoms with Crippen molar-refractivity contribution >= 4 is 17.3 Å². The normalized spacial score (nSPS) is 23.1. The molecule has 1 aliphatic carbocycles. The highest BCUT2D eigenvalue weighted by molar-refractivity contribution is 6.33. The van der Waals surface area contributed by atoms with Gasteiger partial charge in [0.05, 0.1) is 28.3 Å². The van der Waals surface area contributed by atoms with Crippen LogP contribution in [-0.2, 0) is 0 Å². The number of hydrogen-bond donors (Lipinski definition) is 1. The van der Waals surface area contributed by atoms with Gasteiger partial charge in [-0.25, -0.2) is 0 Å². The SMILES string of the molecule is N#Cc1ccc(NC2CCCCC2C(F)(F)F)c(Cl)c1.